The van der Waals surface area contributed by atoms with Gasteiger partial charge in [-0.2, -0.15) is 4.98 Å². The molecule has 3 aromatic heterocycles. The molecule has 3 aromatic rings. The van der Waals surface area contributed by atoms with E-state index in [0.29, 0.717) is 17.0 Å². The highest BCUT2D eigenvalue weighted by Crippen LogP contribution is 2.27. The molecule has 17 heavy (non-hydrogen) atoms. The lowest BCUT2D eigenvalue weighted by Crippen LogP contribution is -2.10. The van der Waals surface area contributed by atoms with Crippen molar-refractivity contribution in [3.63, 3.8) is 0 Å². The smallest absolute Gasteiger partial charge is 0.278 e. The van der Waals surface area contributed by atoms with Crippen LogP contribution >= 0.6 is 11.3 Å². The Morgan fingerprint density at radius 2 is 2.18 bits per heavy atom. The van der Waals surface area contributed by atoms with Gasteiger partial charge in [0.1, 0.15) is 0 Å². The molecule has 3 rings (SSSR count). The van der Waals surface area contributed by atoms with Gasteiger partial charge in [-0.1, -0.05) is 0 Å². The van der Waals surface area contributed by atoms with E-state index >= 15 is 0 Å². The third kappa shape index (κ3) is 1.51. The zero-order valence-corrected chi connectivity index (χ0v) is 9.76. The summed E-state index contributed by atoms with van der Waals surface area (Å²) in [5.74, 6) is 0.722. The lowest BCUT2D eigenvalue weighted by molar-refractivity contribution is 1.17. The van der Waals surface area contributed by atoms with Crippen molar-refractivity contribution in [2.24, 2.45) is 0 Å². The predicted octanol–water partition coefficient (Wildman–Crippen LogP) is 1.27. The van der Waals surface area contributed by atoms with E-state index in [4.69, 9.17) is 5.73 Å². The number of nitrogens with one attached hydrogen (secondary N) is 2. The number of H-pyrrole nitrogens is 2. The van der Waals surface area contributed by atoms with E-state index in [-0.39, 0.29) is 11.5 Å². The van der Waals surface area contributed by atoms with Gasteiger partial charge in [0.15, 0.2) is 17.0 Å². The number of hydrogen-bond donors (Lipinski definition) is 3. The Morgan fingerprint density at radius 1 is 1.35 bits per heavy atom. The summed E-state index contributed by atoms with van der Waals surface area (Å²) in [7, 11) is 0. The molecule has 0 fully saturated rings. The van der Waals surface area contributed by atoms with Gasteiger partial charge in [0.2, 0.25) is 5.95 Å². The number of imidazole rings is 1. The van der Waals surface area contributed by atoms with Crippen LogP contribution in [0.4, 0.5) is 5.95 Å². The minimum Gasteiger partial charge on any atom is -0.369 e. The SMILES string of the molecule is Cc1ccsc1-c1nc2nc(N)[nH]c(=O)c2[nH]1. The molecule has 0 spiro atoms. The standard InChI is InChI=1S/C10H9N5OS/c1-4-2-3-17-6(4)8-12-5-7(13-8)14-10(11)15-9(5)16/h2-3H,1H3,(H4,11,12,13,14,15,16). The fourth-order valence-electron chi connectivity index (χ4n) is 1.65. The van der Waals surface area contributed by atoms with Crippen molar-refractivity contribution in [1.29, 1.82) is 0 Å². The molecular formula is C10H9N5OS. The van der Waals surface area contributed by atoms with Crippen LogP contribution in [0.3, 0.4) is 0 Å². The molecule has 3 heterocycles. The lowest BCUT2D eigenvalue weighted by Gasteiger charge is -1.91. The van der Waals surface area contributed by atoms with Crippen LogP contribution in [0.15, 0.2) is 16.2 Å². The molecular weight excluding hydrogens is 238 g/mol. The molecule has 0 atom stereocenters. The maximum Gasteiger partial charge on any atom is 0.278 e. The van der Waals surface area contributed by atoms with Crippen molar-refractivity contribution in [2.75, 3.05) is 5.73 Å². The molecule has 0 amide bonds. The first kappa shape index (κ1) is 10.0. The van der Waals surface area contributed by atoms with Crippen LogP contribution in [-0.4, -0.2) is 19.9 Å². The van der Waals surface area contributed by atoms with Crippen molar-refractivity contribution in [1.82, 2.24) is 19.9 Å². The van der Waals surface area contributed by atoms with Crippen molar-refractivity contribution in [3.8, 4) is 10.7 Å². The summed E-state index contributed by atoms with van der Waals surface area (Å²) in [5.41, 5.74) is 6.96. The molecule has 6 nitrogen and oxygen atoms in total. The monoisotopic (exact) mass is 247 g/mol. The number of hydrogen-bond acceptors (Lipinski definition) is 5. The summed E-state index contributed by atoms with van der Waals surface area (Å²) in [6.45, 7) is 1.99. The molecule has 0 aliphatic rings. The summed E-state index contributed by atoms with van der Waals surface area (Å²) < 4.78 is 0. The van der Waals surface area contributed by atoms with Gasteiger partial charge in [0, 0.05) is 0 Å². The Balaban J connectivity index is 2.31. The fraction of sp³-hybridized carbons (Fsp3) is 0.100. The number of aryl methyl sites for hydroxylation is 1. The Bertz CT molecular complexity index is 753. The van der Waals surface area contributed by atoms with Crippen LogP contribution in [0.1, 0.15) is 5.56 Å². The van der Waals surface area contributed by atoms with Crippen LogP contribution in [0.5, 0.6) is 0 Å². The van der Waals surface area contributed by atoms with Crippen LogP contribution in [0, 0.1) is 6.92 Å². The lowest BCUT2D eigenvalue weighted by atomic mass is 10.3. The quantitative estimate of drug-likeness (QED) is 0.602. The zero-order valence-electron chi connectivity index (χ0n) is 8.94. The van der Waals surface area contributed by atoms with E-state index in [2.05, 4.69) is 19.9 Å². The molecule has 0 aromatic carbocycles. The number of fused-ring (bicyclic) bond motifs is 1. The number of nitrogens with zero attached hydrogens (tertiary/aromatic N) is 2. The number of aromatic nitrogens is 4. The highest BCUT2D eigenvalue weighted by Gasteiger charge is 2.12. The number of anilines is 1. The summed E-state index contributed by atoms with van der Waals surface area (Å²) in [5, 5.41) is 1.98. The van der Waals surface area contributed by atoms with Gasteiger partial charge < -0.3 is 10.7 Å². The third-order valence-electron chi connectivity index (χ3n) is 2.46. The van der Waals surface area contributed by atoms with Gasteiger partial charge in [-0.15, -0.1) is 11.3 Å². The molecule has 0 saturated carbocycles. The highest BCUT2D eigenvalue weighted by molar-refractivity contribution is 7.13. The Kier molecular flexibility index (Phi) is 2.02. The maximum absolute atomic E-state index is 11.6. The van der Waals surface area contributed by atoms with E-state index in [9.17, 15) is 4.79 Å². The van der Waals surface area contributed by atoms with Crippen LogP contribution < -0.4 is 11.3 Å². The zero-order chi connectivity index (χ0) is 12.0. The number of thiophene rings is 1. The van der Waals surface area contributed by atoms with Gasteiger partial charge in [0.25, 0.3) is 5.56 Å². The van der Waals surface area contributed by atoms with Crippen LogP contribution in [0.25, 0.3) is 21.9 Å². The first-order valence-corrected chi connectivity index (χ1v) is 5.83. The minimum absolute atomic E-state index is 0.0726. The second kappa shape index (κ2) is 3.42. The van der Waals surface area contributed by atoms with Gasteiger partial charge >= 0.3 is 0 Å². The predicted molar refractivity (Wildman–Crippen MR) is 67.0 cm³/mol. The summed E-state index contributed by atoms with van der Waals surface area (Å²) >= 11 is 1.56. The Hall–Kier alpha value is -2.15. The van der Waals surface area contributed by atoms with Gasteiger partial charge in [-0.3, -0.25) is 9.78 Å². The summed E-state index contributed by atoms with van der Waals surface area (Å²) in [4.78, 5) is 26.3. The van der Waals surface area contributed by atoms with Crippen molar-refractivity contribution < 1.29 is 0 Å². The molecule has 4 N–H and O–H groups in total. The van der Waals surface area contributed by atoms with Gasteiger partial charge in [-0.25, -0.2) is 4.98 Å². The van der Waals surface area contributed by atoms with E-state index in [1.807, 2.05) is 18.4 Å². The van der Waals surface area contributed by atoms with Gasteiger partial charge in [-0.05, 0) is 23.9 Å². The average Bonchev–Trinajstić information content (AvgIpc) is 2.83. The molecule has 0 saturated heterocycles. The first-order chi connectivity index (χ1) is 8.15. The largest absolute Gasteiger partial charge is 0.369 e. The molecule has 0 radical (unpaired) electrons. The molecule has 0 aliphatic heterocycles. The van der Waals surface area contributed by atoms with Crippen LogP contribution in [-0.2, 0) is 0 Å². The third-order valence-corrected chi connectivity index (χ3v) is 3.48. The summed E-state index contributed by atoms with van der Waals surface area (Å²) in [6.07, 6.45) is 0. The maximum atomic E-state index is 11.6. The van der Waals surface area contributed by atoms with Crippen molar-refractivity contribution >= 4 is 28.4 Å². The molecule has 7 heteroatoms. The molecule has 86 valence electrons. The van der Waals surface area contributed by atoms with E-state index in [0.717, 1.165) is 10.4 Å². The number of rotatable bonds is 1. The first-order valence-electron chi connectivity index (χ1n) is 4.95. The normalized spacial score (nSPS) is 11.1. The topological polar surface area (TPSA) is 100 Å². The van der Waals surface area contributed by atoms with Crippen molar-refractivity contribution in [3.05, 3.63) is 27.4 Å². The second-order valence-corrected chi connectivity index (χ2v) is 4.58. The molecule has 0 unspecified atom stereocenters. The van der Waals surface area contributed by atoms with Crippen LogP contribution in [0.2, 0.25) is 0 Å². The van der Waals surface area contributed by atoms with E-state index in [1.54, 1.807) is 11.3 Å². The Labute approximate surface area is 99.5 Å². The fourth-order valence-corrected chi connectivity index (χ4v) is 2.52. The average molecular weight is 247 g/mol. The second-order valence-electron chi connectivity index (χ2n) is 3.67. The Morgan fingerprint density at radius 3 is 2.88 bits per heavy atom. The number of aromatic amines is 2. The highest BCUT2D eigenvalue weighted by atomic mass is 32.1. The van der Waals surface area contributed by atoms with Gasteiger partial charge in [0.05, 0.1) is 4.88 Å². The molecule has 0 bridgehead atoms. The number of nitrogens with two attached hydrogens (primary N) is 1. The molecule has 0 aliphatic carbocycles. The van der Waals surface area contributed by atoms with E-state index < -0.39 is 0 Å². The van der Waals surface area contributed by atoms with Crippen molar-refractivity contribution in [2.45, 2.75) is 6.92 Å². The number of nitrogen functional groups attached to an aromatic ring is 1. The summed E-state index contributed by atoms with van der Waals surface area (Å²) in [6, 6.07) is 2.00. The minimum atomic E-state index is -0.305. The van der Waals surface area contributed by atoms with E-state index in [1.165, 1.54) is 0 Å².